The van der Waals surface area contributed by atoms with E-state index in [0.717, 1.165) is 5.56 Å². The Balaban J connectivity index is 2.54. The van der Waals surface area contributed by atoms with E-state index in [0.29, 0.717) is 6.54 Å². The van der Waals surface area contributed by atoms with Gasteiger partial charge in [0.2, 0.25) is 11.8 Å². The van der Waals surface area contributed by atoms with Gasteiger partial charge < -0.3 is 10.6 Å². The van der Waals surface area contributed by atoms with Crippen molar-refractivity contribution in [3.63, 3.8) is 0 Å². The SMILES string of the molecule is CC(=O)N[C@H](C(=O)NCc1cccnc1)C(C)C. The molecule has 1 heterocycles. The summed E-state index contributed by atoms with van der Waals surface area (Å²) in [6.07, 6.45) is 3.38. The quantitative estimate of drug-likeness (QED) is 0.813. The second kappa shape index (κ2) is 6.74. The van der Waals surface area contributed by atoms with Crippen molar-refractivity contribution < 1.29 is 9.59 Å². The second-order valence-electron chi connectivity index (χ2n) is 4.50. The lowest BCUT2D eigenvalue weighted by Gasteiger charge is -2.20. The number of aromatic nitrogens is 1. The van der Waals surface area contributed by atoms with E-state index in [9.17, 15) is 9.59 Å². The summed E-state index contributed by atoms with van der Waals surface area (Å²) in [7, 11) is 0. The molecule has 0 unspecified atom stereocenters. The summed E-state index contributed by atoms with van der Waals surface area (Å²) >= 11 is 0. The fraction of sp³-hybridized carbons (Fsp3) is 0.462. The summed E-state index contributed by atoms with van der Waals surface area (Å²) < 4.78 is 0. The maximum absolute atomic E-state index is 11.9. The highest BCUT2D eigenvalue weighted by atomic mass is 16.2. The van der Waals surface area contributed by atoms with Gasteiger partial charge in [-0.25, -0.2) is 0 Å². The van der Waals surface area contributed by atoms with Gasteiger partial charge in [-0.3, -0.25) is 14.6 Å². The Morgan fingerprint density at radius 3 is 2.61 bits per heavy atom. The first-order chi connectivity index (χ1) is 8.50. The molecule has 2 N–H and O–H groups in total. The molecule has 5 heteroatoms. The van der Waals surface area contributed by atoms with Gasteiger partial charge in [0.05, 0.1) is 0 Å². The summed E-state index contributed by atoms with van der Waals surface area (Å²) in [5.41, 5.74) is 0.927. The molecule has 0 saturated carbocycles. The number of carbonyl (C=O) groups excluding carboxylic acids is 2. The van der Waals surface area contributed by atoms with Crippen LogP contribution in [0.1, 0.15) is 26.3 Å². The molecule has 1 rings (SSSR count). The molecule has 2 amide bonds. The molecule has 0 aliphatic carbocycles. The summed E-state index contributed by atoms with van der Waals surface area (Å²) in [6, 6.07) is 3.20. The zero-order valence-corrected chi connectivity index (χ0v) is 10.9. The van der Waals surface area contributed by atoms with Crippen molar-refractivity contribution in [1.82, 2.24) is 15.6 Å². The molecule has 98 valence electrons. The van der Waals surface area contributed by atoms with E-state index in [1.807, 2.05) is 26.0 Å². The van der Waals surface area contributed by atoms with Gasteiger partial charge in [0.1, 0.15) is 6.04 Å². The monoisotopic (exact) mass is 249 g/mol. The van der Waals surface area contributed by atoms with Crippen molar-refractivity contribution >= 4 is 11.8 Å². The minimum absolute atomic E-state index is 0.0443. The van der Waals surface area contributed by atoms with Crippen molar-refractivity contribution in [2.75, 3.05) is 0 Å². The summed E-state index contributed by atoms with van der Waals surface area (Å²) in [5, 5.41) is 5.44. The van der Waals surface area contributed by atoms with E-state index in [2.05, 4.69) is 15.6 Å². The van der Waals surface area contributed by atoms with Gasteiger partial charge >= 0.3 is 0 Å². The zero-order valence-electron chi connectivity index (χ0n) is 10.9. The average molecular weight is 249 g/mol. The van der Waals surface area contributed by atoms with Gasteiger partial charge in [-0.1, -0.05) is 19.9 Å². The molecule has 1 aromatic rings. The van der Waals surface area contributed by atoms with Crippen LogP contribution in [0.5, 0.6) is 0 Å². The van der Waals surface area contributed by atoms with Crippen molar-refractivity contribution in [2.45, 2.75) is 33.4 Å². The van der Waals surface area contributed by atoms with Gasteiger partial charge in [-0.05, 0) is 17.5 Å². The van der Waals surface area contributed by atoms with Crippen LogP contribution in [0.25, 0.3) is 0 Å². The van der Waals surface area contributed by atoms with Gasteiger partial charge in [0, 0.05) is 25.9 Å². The first kappa shape index (κ1) is 14.2. The average Bonchev–Trinajstić information content (AvgIpc) is 2.34. The number of nitrogens with one attached hydrogen (secondary N) is 2. The summed E-state index contributed by atoms with van der Waals surface area (Å²) in [6.45, 7) is 5.60. The fourth-order valence-electron chi connectivity index (χ4n) is 1.56. The maximum atomic E-state index is 11.9. The number of hydrogen-bond donors (Lipinski definition) is 2. The van der Waals surface area contributed by atoms with E-state index < -0.39 is 6.04 Å². The van der Waals surface area contributed by atoms with Crippen molar-refractivity contribution in [3.8, 4) is 0 Å². The topological polar surface area (TPSA) is 71.1 Å². The van der Waals surface area contributed by atoms with Crippen LogP contribution in [-0.2, 0) is 16.1 Å². The van der Waals surface area contributed by atoms with E-state index in [1.54, 1.807) is 12.4 Å². The second-order valence-corrected chi connectivity index (χ2v) is 4.50. The van der Waals surface area contributed by atoms with Gasteiger partial charge in [0.25, 0.3) is 0 Å². The normalized spacial score (nSPS) is 12.0. The van der Waals surface area contributed by atoms with Crippen LogP contribution in [0.15, 0.2) is 24.5 Å². The largest absolute Gasteiger partial charge is 0.350 e. The van der Waals surface area contributed by atoms with Gasteiger partial charge in [0.15, 0.2) is 0 Å². The van der Waals surface area contributed by atoms with Crippen LogP contribution in [0.4, 0.5) is 0 Å². The highest BCUT2D eigenvalue weighted by molar-refractivity contribution is 5.86. The molecular formula is C13H19N3O2. The highest BCUT2D eigenvalue weighted by Gasteiger charge is 2.22. The fourth-order valence-corrected chi connectivity index (χ4v) is 1.56. The molecule has 5 nitrogen and oxygen atoms in total. The van der Waals surface area contributed by atoms with Crippen molar-refractivity contribution in [1.29, 1.82) is 0 Å². The van der Waals surface area contributed by atoms with Crippen molar-refractivity contribution in [3.05, 3.63) is 30.1 Å². The molecule has 0 radical (unpaired) electrons. The lowest BCUT2D eigenvalue weighted by molar-refractivity contribution is -0.129. The van der Waals surface area contributed by atoms with E-state index in [-0.39, 0.29) is 17.7 Å². The first-order valence-corrected chi connectivity index (χ1v) is 5.94. The molecule has 1 aromatic heterocycles. The van der Waals surface area contributed by atoms with Crippen LogP contribution in [0.3, 0.4) is 0 Å². The molecule has 18 heavy (non-hydrogen) atoms. The number of carbonyl (C=O) groups is 2. The van der Waals surface area contributed by atoms with Crippen LogP contribution in [-0.4, -0.2) is 22.8 Å². The molecule has 0 aromatic carbocycles. The Morgan fingerprint density at radius 2 is 2.11 bits per heavy atom. The standard InChI is InChI=1S/C13H19N3O2/c1-9(2)12(16-10(3)17)13(18)15-8-11-5-4-6-14-7-11/h4-7,9,12H,8H2,1-3H3,(H,15,18)(H,16,17)/t12-/m0/s1. The van der Waals surface area contributed by atoms with Crippen LogP contribution in [0, 0.1) is 5.92 Å². The maximum Gasteiger partial charge on any atom is 0.243 e. The van der Waals surface area contributed by atoms with Crippen molar-refractivity contribution in [2.24, 2.45) is 5.92 Å². The minimum Gasteiger partial charge on any atom is -0.350 e. The van der Waals surface area contributed by atoms with Gasteiger partial charge in [-0.2, -0.15) is 0 Å². The third-order valence-corrected chi connectivity index (χ3v) is 2.50. The van der Waals surface area contributed by atoms with E-state index >= 15 is 0 Å². The third kappa shape index (κ3) is 4.53. The third-order valence-electron chi connectivity index (χ3n) is 2.50. The molecule has 0 saturated heterocycles. The Labute approximate surface area is 107 Å². The Morgan fingerprint density at radius 1 is 1.39 bits per heavy atom. The van der Waals surface area contributed by atoms with Crippen LogP contribution >= 0.6 is 0 Å². The molecule has 0 spiro atoms. The zero-order chi connectivity index (χ0) is 13.5. The smallest absolute Gasteiger partial charge is 0.243 e. The highest BCUT2D eigenvalue weighted by Crippen LogP contribution is 2.03. The number of pyridine rings is 1. The molecule has 0 aliphatic rings. The summed E-state index contributed by atoms with van der Waals surface area (Å²) in [5.74, 6) is -0.336. The Bertz CT molecular complexity index is 404. The Kier molecular flexibility index (Phi) is 5.30. The lowest BCUT2D eigenvalue weighted by Crippen LogP contribution is -2.48. The first-order valence-electron chi connectivity index (χ1n) is 5.94. The number of nitrogens with zero attached hydrogens (tertiary/aromatic N) is 1. The van der Waals surface area contributed by atoms with E-state index in [1.165, 1.54) is 6.92 Å². The van der Waals surface area contributed by atoms with Crippen LogP contribution < -0.4 is 10.6 Å². The molecular weight excluding hydrogens is 230 g/mol. The predicted molar refractivity (Wildman–Crippen MR) is 68.5 cm³/mol. The minimum atomic E-state index is -0.501. The van der Waals surface area contributed by atoms with Crippen LogP contribution in [0.2, 0.25) is 0 Å². The predicted octanol–water partition coefficient (Wildman–Crippen LogP) is 0.858. The Hall–Kier alpha value is -1.91. The molecule has 1 atom stereocenters. The van der Waals surface area contributed by atoms with Gasteiger partial charge in [-0.15, -0.1) is 0 Å². The lowest BCUT2D eigenvalue weighted by atomic mass is 10.0. The molecule has 0 bridgehead atoms. The number of amides is 2. The van der Waals surface area contributed by atoms with E-state index in [4.69, 9.17) is 0 Å². The molecule has 0 aliphatic heterocycles. The summed E-state index contributed by atoms with van der Waals surface area (Å²) in [4.78, 5) is 27.0. The molecule has 0 fully saturated rings. The number of rotatable bonds is 5. The number of hydrogen-bond acceptors (Lipinski definition) is 3.